The summed E-state index contributed by atoms with van der Waals surface area (Å²) in [6, 6.07) is 0. The molecule has 4 aromatic rings. The van der Waals surface area contributed by atoms with Crippen molar-refractivity contribution < 1.29 is 0 Å². The Morgan fingerprint density at radius 3 is 2.90 bits per heavy atom. The van der Waals surface area contributed by atoms with E-state index in [9.17, 15) is 0 Å². The van der Waals surface area contributed by atoms with E-state index in [4.69, 9.17) is 0 Å². The molecule has 4 aromatic heterocycles. The van der Waals surface area contributed by atoms with E-state index in [1.165, 1.54) is 76.7 Å². The highest BCUT2D eigenvalue weighted by Crippen LogP contribution is 2.65. The summed E-state index contributed by atoms with van der Waals surface area (Å²) in [5.74, 6) is 1.43. The van der Waals surface area contributed by atoms with Gasteiger partial charge < -0.3 is 4.98 Å². The minimum Gasteiger partial charge on any atom is -0.346 e. The number of thiophene rings is 1. The van der Waals surface area contributed by atoms with Gasteiger partial charge in [-0.05, 0) is 74.0 Å². The van der Waals surface area contributed by atoms with Gasteiger partial charge in [0.05, 0.1) is 5.69 Å². The summed E-state index contributed by atoms with van der Waals surface area (Å²) in [7, 11) is 0. The Morgan fingerprint density at radius 1 is 1.19 bits per heavy atom. The number of pyridine rings is 1. The van der Waals surface area contributed by atoms with Gasteiger partial charge >= 0.3 is 0 Å². The van der Waals surface area contributed by atoms with Gasteiger partial charge in [0, 0.05) is 33.0 Å². The second-order valence-corrected chi connectivity index (χ2v) is 11.5. The molecule has 2 atom stereocenters. The van der Waals surface area contributed by atoms with Crippen LogP contribution in [0.25, 0.3) is 27.1 Å². The van der Waals surface area contributed by atoms with E-state index in [0.29, 0.717) is 11.3 Å². The van der Waals surface area contributed by atoms with Crippen molar-refractivity contribution in [1.29, 1.82) is 0 Å². The van der Waals surface area contributed by atoms with E-state index in [0.717, 1.165) is 24.4 Å². The van der Waals surface area contributed by atoms with E-state index < -0.39 is 0 Å². The Hall–Kier alpha value is -2.14. The van der Waals surface area contributed by atoms with Crippen molar-refractivity contribution in [2.24, 2.45) is 5.92 Å². The van der Waals surface area contributed by atoms with Crippen molar-refractivity contribution in [3.63, 3.8) is 0 Å². The first kappa shape index (κ1) is 18.4. The molecule has 7 rings (SSSR count). The van der Waals surface area contributed by atoms with Gasteiger partial charge in [-0.1, -0.05) is 26.7 Å². The molecule has 2 unspecified atom stereocenters. The molecule has 31 heavy (non-hydrogen) atoms. The number of aromatic nitrogens is 4. The summed E-state index contributed by atoms with van der Waals surface area (Å²) >= 11 is 2.07. The third kappa shape index (κ3) is 2.36. The van der Waals surface area contributed by atoms with Crippen LogP contribution in [0.15, 0.2) is 12.5 Å². The first-order valence-corrected chi connectivity index (χ1v) is 12.9. The smallest absolute Gasteiger partial charge is 0.158 e. The molecule has 3 aliphatic carbocycles. The van der Waals surface area contributed by atoms with Gasteiger partial charge in [-0.15, -0.1) is 11.3 Å². The monoisotopic (exact) mass is 430 g/mol. The Morgan fingerprint density at radius 2 is 2.06 bits per heavy atom. The maximum Gasteiger partial charge on any atom is 0.158 e. The quantitative estimate of drug-likeness (QED) is 0.393. The van der Waals surface area contributed by atoms with Gasteiger partial charge in [0.15, 0.2) is 5.65 Å². The van der Waals surface area contributed by atoms with E-state index in [-0.39, 0.29) is 0 Å². The molecule has 0 bridgehead atoms. The molecule has 1 N–H and O–H groups in total. The number of aryl methyl sites for hydroxylation is 2. The maximum absolute atomic E-state index is 4.55. The average molecular weight is 431 g/mol. The number of hydrogen-bond acceptors (Lipinski definition) is 3. The average Bonchev–Trinajstić information content (AvgIpc) is 3.21. The minimum atomic E-state index is 0.479. The van der Waals surface area contributed by atoms with Crippen molar-refractivity contribution in [2.75, 3.05) is 0 Å². The molecule has 3 aliphatic rings. The number of rotatable bonds is 3. The SMILES string of the molecule is Cc1c(C23CCCCC2C3)sc2[nH]c(-c3cn4ncnc4c4c3CCC4)c(C(C)C)c12. The fourth-order valence-corrected chi connectivity index (χ4v) is 8.58. The number of nitrogens with zero attached hydrogens (tertiary/aromatic N) is 3. The normalized spacial score (nSPS) is 25.0. The lowest BCUT2D eigenvalue weighted by Crippen LogP contribution is -2.13. The number of fused-ring (bicyclic) bond motifs is 5. The fourth-order valence-electron chi connectivity index (χ4n) is 7.05. The van der Waals surface area contributed by atoms with Gasteiger partial charge in [0.25, 0.3) is 0 Å². The van der Waals surface area contributed by atoms with Crippen LogP contribution in [0.2, 0.25) is 0 Å². The van der Waals surface area contributed by atoms with Crippen LogP contribution in [0, 0.1) is 12.8 Å². The van der Waals surface area contributed by atoms with Crippen LogP contribution in [-0.2, 0) is 18.3 Å². The molecule has 5 heteroatoms. The highest BCUT2D eigenvalue weighted by atomic mass is 32.1. The van der Waals surface area contributed by atoms with Crippen molar-refractivity contribution in [1.82, 2.24) is 19.6 Å². The molecule has 0 aromatic carbocycles. The lowest BCUT2D eigenvalue weighted by Gasteiger charge is -2.22. The van der Waals surface area contributed by atoms with Crippen LogP contribution in [0.1, 0.15) is 85.4 Å². The van der Waals surface area contributed by atoms with E-state index in [1.54, 1.807) is 16.8 Å². The molecule has 0 radical (unpaired) electrons. The van der Waals surface area contributed by atoms with E-state index in [1.807, 2.05) is 4.52 Å². The van der Waals surface area contributed by atoms with Gasteiger partial charge in [-0.25, -0.2) is 9.50 Å². The molecule has 0 aliphatic heterocycles. The number of hydrogen-bond donors (Lipinski definition) is 1. The van der Waals surface area contributed by atoms with Gasteiger partial charge in [0.2, 0.25) is 0 Å². The Labute approximate surface area is 187 Å². The summed E-state index contributed by atoms with van der Waals surface area (Å²) < 4.78 is 1.99. The second-order valence-electron chi connectivity index (χ2n) is 10.5. The van der Waals surface area contributed by atoms with E-state index in [2.05, 4.69) is 53.4 Å². The lowest BCUT2D eigenvalue weighted by atomic mass is 9.85. The topological polar surface area (TPSA) is 46.0 Å². The molecule has 0 saturated heterocycles. The summed E-state index contributed by atoms with van der Waals surface area (Å²) in [5, 5.41) is 6.02. The number of H-pyrrole nitrogens is 1. The molecule has 2 fully saturated rings. The highest BCUT2D eigenvalue weighted by molar-refractivity contribution is 7.19. The van der Waals surface area contributed by atoms with Gasteiger partial charge in [-0.3, -0.25) is 0 Å². The molecular formula is C26H30N4S. The molecule has 4 nitrogen and oxygen atoms in total. The minimum absolute atomic E-state index is 0.479. The third-order valence-corrected chi connectivity index (χ3v) is 9.94. The summed E-state index contributed by atoms with van der Waals surface area (Å²) in [4.78, 5) is 11.6. The first-order chi connectivity index (χ1) is 15.1. The van der Waals surface area contributed by atoms with Crippen LogP contribution >= 0.6 is 11.3 Å². The Bertz CT molecular complexity index is 1350. The fraction of sp³-hybridized carbons (Fsp3) is 0.538. The van der Waals surface area contributed by atoms with Gasteiger partial charge in [-0.2, -0.15) is 5.10 Å². The molecule has 0 spiro atoms. The molecule has 4 heterocycles. The van der Waals surface area contributed by atoms with Crippen molar-refractivity contribution in [3.8, 4) is 11.3 Å². The Kier molecular flexibility index (Phi) is 3.70. The van der Waals surface area contributed by atoms with Crippen LogP contribution in [0.5, 0.6) is 0 Å². The van der Waals surface area contributed by atoms with Crippen LogP contribution in [-0.4, -0.2) is 19.6 Å². The lowest BCUT2D eigenvalue weighted by molar-refractivity contribution is 0.432. The van der Waals surface area contributed by atoms with Crippen LogP contribution in [0.3, 0.4) is 0 Å². The zero-order valence-electron chi connectivity index (χ0n) is 18.7. The summed E-state index contributed by atoms with van der Waals surface area (Å²) in [6.07, 6.45) is 14.5. The largest absolute Gasteiger partial charge is 0.346 e. The number of nitrogens with one attached hydrogen (secondary N) is 1. The zero-order chi connectivity index (χ0) is 20.9. The predicted octanol–water partition coefficient (Wildman–Crippen LogP) is 6.69. The molecular weight excluding hydrogens is 400 g/mol. The predicted molar refractivity (Wildman–Crippen MR) is 127 cm³/mol. The Balaban J connectivity index is 1.46. The van der Waals surface area contributed by atoms with Crippen molar-refractivity contribution in [2.45, 2.75) is 83.5 Å². The standard InChI is InChI=1S/C26H30N4S/c1-14(2)20-21-15(3)23(26-10-5-4-7-16(26)11-26)31-25(21)29-22(20)19-12-30-24(27-13-28-30)18-9-6-8-17(18)19/h12-14,16,29H,4-11H2,1-3H3. The maximum atomic E-state index is 4.55. The molecule has 0 amide bonds. The third-order valence-electron chi connectivity index (χ3n) is 8.52. The van der Waals surface area contributed by atoms with Crippen molar-refractivity contribution >= 4 is 27.2 Å². The number of aromatic amines is 1. The van der Waals surface area contributed by atoms with Crippen molar-refractivity contribution in [3.05, 3.63) is 39.7 Å². The summed E-state index contributed by atoms with van der Waals surface area (Å²) in [6.45, 7) is 7.12. The zero-order valence-corrected chi connectivity index (χ0v) is 19.5. The first-order valence-electron chi connectivity index (χ1n) is 12.1. The van der Waals surface area contributed by atoms with E-state index >= 15 is 0 Å². The van der Waals surface area contributed by atoms with Crippen LogP contribution < -0.4 is 0 Å². The second kappa shape index (κ2) is 6.22. The van der Waals surface area contributed by atoms with Crippen LogP contribution in [0.4, 0.5) is 0 Å². The molecule has 2 saturated carbocycles. The highest BCUT2D eigenvalue weighted by Gasteiger charge is 2.57. The van der Waals surface area contributed by atoms with Gasteiger partial charge in [0.1, 0.15) is 11.2 Å². The summed E-state index contributed by atoms with van der Waals surface area (Å²) in [5.41, 5.74) is 10.2. The molecule has 160 valence electrons.